The molecule has 0 aliphatic carbocycles. The van der Waals surface area contributed by atoms with E-state index in [1.165, 1.54) is 0 Å². The summed E-state index contributed by atoms with van der Waals surface area (Å²) in [6, 6.07) is 7.92. The fourth-order valence-corrected chi connectivity index (χ4v) is 1.22. The van der Waals surface area contributed by atoms with Crippen molar-refractivity contribution in [1.29, 1.82) is 0 Å². The summed E-state index contributed by atoms with van der Waals surface area (Å²) in [5.74, 6) is 1.47. The van der Waals surface area contributed by atoms with Gasteiger partial charge in [0.2, 0.25) is 0 Å². The van der Waals surface area contributed by atoms with Gasteiger partial charge in [-0.2, -0.15) is 0 Å². The van der Waals surface area contributed by atoms with Crippen LogP contribution in [0.5, 0.6) is 5.75 Å². The van der Waals surface area contributed by atoms with Crippen LogP contribution in [0.15, 0.2) is 24.3 Å². The summed E-state index contributed by atoms with van der Waals surface area (Å²) in [7, 11) is 0. The summed E-state index contributed by atoms with van der Waals surface area (Å²) < 4.78 is 5.53. The number of halogens is 1. The Bertz CT molecular complexity index is 266. The average molecular weight is 244 g/mol. The quantitative estimate of drug-likeness (QED) is 0.634. The van der Waals surface area contributed by atoms with Gasteiger partial charge in [0.15, 0.2) is 0 Å². The molecule has 0 bridgehead atoms. The Morgan fingerprint density at radius 3 is 2.56 bits per heavy atom. The number of unbranched alkanes of at least 4 members (excludes halogenated alkanes) is 1. The molecule has 1 aromatic carbocycles. The van der Waals surface area contributed by atoms with E-state index in [0.29, 0.717) is 5.88 Å². The summed E-state index contributed by atoms with van der Waals surface area (Å²) in [4.78, 5) is 0. The topological polar surface area (TPSA) is 35.2 Å². The first kappa shape index (κ1) is 15.3. The second-order valence-electron chi connectivity index (χ2n) is 3.39. The summed E-state index contributed by atoms with van der Waals surface area (Å²) >= 11 is 5.70. The number of hydrogen-bond donors (Lipinski definition) is 1. The number of rotatable bonds is 5. The number of hydrogen-bond acceptors (Lipinski definition) is 2. The van der Waals surface area contributed by atoms with Crippen molar-refractivity contribution in [3.63, 3.8) is 0 Å². The van der Waals surface area contributed by atoms with Crippen LogP contribution in [0.3, 0.4) is 0 Å². The SMILES string of the molecule is CCCCOc1cccc(CCl)c1.CCN. The molecule has 1 rings (SSSR count). The largest absolute Gasteiger partial charge is 0.494 e. The van der Waals surface area contributed by atoms with Gasteiger partial charge < -0.3 is 10.5 Å². The first-order chi connectivity index (χ1) is 7.78. The van der Waals surface area contributed by atoms with Crippen LogP contribution in [0.2, 0.25) is 0 Å². The van der Waals surface area contributed by atoms with E-state index in [9.17, 15) is 0 Å². The van der Waals surface area contributed by atoms with Crippen LogP contribution in [0.1, 0.15) is 32.3 Å². The summed E-state index contributed by atoms with van der Waals surface area (Å²) in [5, 5.41) is 0. The van der Waals surface area contributed by atoms with E-state index in [2.05, 4.69) is 6.92 Å². The minimum Gasteiger partial charge on any atom is -0.494 e. The van der Waals surface area contributed by atoms with E-state index in [4.69, 9.17) is 22.1 Å². The van der Waals surface area contributed by atoms with Gasteiger partial charge in [-0.3, -0.25) is 0 Å². The second-order valence-corrected chi connectivity index (χ2v) is 3.66. The highest BCUT2D eigenvalue weighted by Gasteiger charge is 1.94. The maximum Gasteiger partial charge on any atom is 0.119 e. The van der Waals surface area contributed by atoms with Crippen molar-refractivity contribution in [2.75, 3.05) is 13.2 Å². The van der Waals surface area contributed by atoms with Crippen LogP contribution in [0.4, 0.5) is 0 Å². The lowest BCUT2D eigenvalue weighted by Crippen LogP contribution is -1.96. The van der Waals surface area contributed by atoms with E-state index in [-0.39, 0.29) is 0 Å². The molecule has 92 valence electrons. The van der Waals surface area contributed by atoms with Gasteiger partial charge in [0.25, 0.3) is 0 Å². The Morgan fingerprint density at radius 1 is 1.31 bits per heavy atom. The van der Waals surface area contributed by atoms with E-state index < -0.39 is 0 Å². The number of nitrogens with two attached hydrogens (primary N) is 1. The molecule has 2 N–H and O–H groups in total. The van der Waals surface area contributed by atoms with Gasteiger partial charge in [-0.1, -0.05) is 32.4 Å². The molecular formula is C13H22ClNO. The van der Waals surface area contributed by atoms with Crippen LogP contribution >= 0.6 is 11.6 Å². The fourth-order valence-electron chi connectivity index (χ4n) is 1.05. The maximum atomic E-state index is 5.70. The molecule has 0 aliphatic rings. The van der Waals surface area contributed by atoms with E-state index >= 15 is 0 Å². The lowest BCUT2D eigenvalue weighted by molar-refractivity contribution is 0.309. The Kier molecular flexibility index (Phi) is 10.3. The van der Waals surface area contributed by atoms with E-state index in [1.807, 2.05) is 31.2 Å². The van der Waals surface area contributed by atoms with Gasteiger partial charge in [-0.25, -0.2) is 0 Å². The summed E-state index contributed by atoms with van der Waals surface area (Å²) in [6.45, 7) is 5.60. The van der Waals surface area contributed by atoms with Crippen molar-refractivity contribution in [1.82, 2.24) is 0 Å². The lowest BCUT2D eigenvalue weighted by atomic mass is 10.2. The molecule has 0 heterocycles. The smallest absolute Gasteiger partial charge is 0.119 e. The van der Waals surface area contributed by atoms with Crippen molar-refractivity contribution in [3.05, 3.63) is 29.8 Å². The predicted molar refractivity (Wildman–Crippen MR) is 71.1 cm³/mol. The van der Waals surface area contributed by atoms with E-state index in [0.717, 1.165) is 37.3 Å². The van der Waals surface area contributed by atoms with Crippen molar-refractivity contribution < 1.29 is 4.74 Å². The third kappa shape index (κ3) is 7.55. The Morgan fingerprint density at radius 2 is 2.00 bits per heavy atom. The molecule has 3 heteroatoms. The zero-order chi connectivity index (χ0) is 12.2. The Balaban J connectivity index is 0.000000673. The van der Waals surface area contributed by atoms with Crippen molar-refractivity contribution in [3.8, 4) is 5.75 Å². The first-order valence-corrected chi connectivity index (χ1v) is 6.29. The monoisotopic (exact) mass is 243 g/mol. The molecule has 0 atom stereocenters. The molecule has 16 heavy (non-hydrogen) atoms. The second kappa shape index (κ2) is 10.8. The van der Waals surface area contributed by atoms with Gasteiger partial charge in [0.05, 0.1) is 6.61 Å². The normalized spacial score (nSPS) is 9.25. The fraction of sp³-hybridized carbons (Fsp3) is 0.538. The predicted octanol–water partition coefficient (Wildman–Crippen LogP) is 3.57. The Labute approximate surface area is 104 Å². The molecule has 2 nitrogen and oxygen atoms in total. The summed E-state index contributed by atoms with van der Waals surface area (Å²) in [5.41, 5.74) is 5.95. The molecule has 0 fully saturated rings. The minimum absolute atomic E-state index is 0.547. The average Bonchev–Trinajstić information content (AvgIpc) is 2.31. The molecule has 0 amide bonds. The third-order valence-corrected chi connectivity index (χ3v) is 2.13. The van der Waals surface area contributed by atoms with Crippen LogP contribution in [0.25, 0.3) is 0 Å². The molecule has 0 saturated carbocycles. The standard InChI is InChI=1S/C11H15ClO.C2H7N/c1-2-3-7-13-11-6-4-5-10(8-11)9-12;1-2-3/h4-6,8H,2-3,7,9H2,1H3;2-3H2,1H3. The van der Waals surface area contributed by atoms with Crippen LogP contribution in [-0.4, -0.2) is 13.2 Å². The molecule has 0 unspecified atom stereocenters. The number of benzene rings is 1. The molecule has 0 spiro atoms. The van der Waals surface area contributed by atoms with Crippen LogP contribution in [0, 0.1) is 0 Å². The van der Waals surface area contributed by atoms with Crippen LogP contribution in [-0.2, 0) is 5.88 Å². The highest BCUT2D eigenvalue weighted by atomic mass is 35.5. The highest BCUT2D eigenvalue weighted by Crippen LogP contribution is 2.14. The van der Waals surface area contributed by atoms with Gasteiger partial charge in [0.1, 0.15) is 5.75 Å². The number of alkyl halides is 1. The molecule has 0 aromatic heterocycles. The van der Waals surface area contributed by atoms with Gasteiger partial charge in [-0.15, -0.1) is 11.6 Å². The van der Waals surface area contributed by atoms with Crippen molar-refractivity contribution in [2.45, 2.75) is 32.6 Å². The Hall–Kier alpha value is -0.730. The molecule has 1 aromatic rings. The van der Waals surface area contributed by atoms with Crippen molar-refractivity contribution >= 4 is 11.6 Å². The molecule has 0 radical (unpaired) electrons. The molecule has 0 saturated heterocycles. The van der Waals surface area contributed by atoms with Gasteiger partial charge in [-0.05, 0) is 30.7 Å². The van der Waals surface area contributed by atoms with E-state index in [1.54, 1.807) is 0 Å². The molecule has 0 aliphatic heterocycles. The molecular weight excluding hydrogens is 222 g/mol. The third-order valence-electron chi connectivity index (χ3n) is 1.82. The first-order valence-electron chi connectivity index (χ1n) is 5.76. The van der Waals surface area contributed by atoms with Crippen LogP contribution < -0.4 is 10.5 Å². The maximum absolute atomic E-state index is 5.70. The van der Waals surface area contributed by atoms with Gasteiger partial charge >= 0.3 is 0 Å². The zero-order valence-corrected chi connectivity index (χ0v) is 11.0. The zero-order valence-electron chi connectivity index (χ0n) is 10.2. The van der Waals surface area contributed by atoms with Crippen molar-refractivity contribution in [2.24, 2.45) is 5.73 Å². The highest BCUT2D eigenvalue weighted by molar-refractivity contribution is 6.17. The number of ether oxygens (including phenoxy) is 1. The minimum atomic E-state index is 0.547. The lowest BCUT2D eigenvalue weighted by Gasteiger charge is -2.05. The summed E-state index contributed by atoms with van der Waals surface area (Å²) in [6.07, 6.45) is 2.26. The van der Waals surface area contributed by atoms with Gasteiger partial charge in [0, 0.05) is 5.88 Å².